The van der Waals surface area contributed by atoms with Crippen LogP contribution in [0.5, 0.6) is 0 Å². The molecule has 0 saturated heterocycles. The van der Waals surface area contributed by atoms with Crippen LogP contribution >= 0.6 is 0 Å². The number of fused-ring (bicyclic) bond motifs is 1. The number of hydrogen-bond donors (Lipinski definition) is 1. The van der Waals surface area contributed by atoms with E-state index in [1.165, 1.54) is 6.92 Å². The van der Waals surface area contributed by atoms with Gasteiger partial charge in [0.15, 0.2) is 5.78 Å². The summed E-state index contributed by atoms with van der Waals surface area (Å²) in [7, 11) is 0. The van der Waals surface area contributed by atoms with Gasteiger partial charge in [-0.15, -0.1) is 0 Å². The Morgan fingerprint density at radius 2 is 2.29 bits per heavy atom. The van der Waals surface area contributed by atoms with E-state index in [4.69, 9.17) is 0 Å². The van der Waals surface area contributed by atoms with Crippen LogP contribution in [0.2, 0.25) is 0 Å². The molecular weight excluding hydrogens is 176 g/mol. The molecule has 2 nitrogen and oxygen atoms in total. The third-order valence-electron chi connectivity index (χ3n) is 4.21. The maximum Gasteiger partial charge on any atom is 0.162 e. The number of allylic oxidation sites excluding steroid dienone is 1. The van der Waals surface area contributed by atoms with E-state index in [0.29, 0.717) is 11.3 Å². The van der Waals surface area contributed by atoms with Crippen LogP contribution in [0.1, 0.15) is 33.6 Å². The molecule has 1 fully saturated rings. The van der Waals surface area contributed by atoms with Gasteiger partial charge in [0.2, 0.25) is 0 Å². The molecule has 0 heterocycles. The number of carbonyl (C=O) groups is 1. The Balaban J connectivity index is 2.22. The van der Waals surface area contributed by atoms with Gasteiger partial charge >= 0.3 is 0 Å². The largest absolute Gasteiger partial charge is 0.381 e. The van der Waals surface area contributed by atoms with E-state index in [-0.39, 0.29) is 5.78 Å². The average Bonchev–Trinajstić information content (AvgIpc) is 2.16. The summed E-state index contributed by atoms with van der Waals surface area (Å²) in [6.45, 7) is 5.95. The second kappa shape index (κ2) is 2.93. The first-order chi connectivity index (χ1) is 6.44. The smallest absolute Gasteiger partial charge is 0.162 e. The van der Waals surface area contributed by atoms with Gasteiger partial charge in [0.1, 0.15) is 6.10 Å². The highest BCUT2D eigenvalue weighted by Crippen LogP contribution is 2.59. The van der Waals surface area contributed by atoms with E-state index >= 15 is 0 Å². The van der Waals surface area contributed by atoms with E-state index in [1.54, 1.807) is 0 Å². The third kappa shape index (κ3) is 1.17. The lowest BCUT2D eigenvalue weighted by Gasteiger charge is -2.57. The van der Waals surface area contributed by atoms with Gasteiger partial charge in [0.05, 0.1) is 0 Å². The zero-order valence-corrected chi connectivity index (χ0v) is 9.08. The van der Waals surface area contributed by atoms with Gasteiger partial charge in [-0.05, 0) is 42.6 Å². The number of hydrogen-bond acceptors (Lipinski definition) is 2. The van der Waals surface area contributed by atoms with E-state index in [0.717, 1.165) is 24.3 Å². The molecular formula is C12H18O2. The minimum absolute atomic E-state index is 0.127. The highest BCUT2D eigenvalue weighted by Gasteiger charge is 2.52. The topological polar surface area (TPSA) is 37.3 Å². The molecule has 0 aromatic carbocycles. The van der Waals surface area contributed by atoms with Gasteiger partial charge in [-0.1, -0.05) is 19.9 Å². The summed E-state index contributed by atoms with van der Waals surface area (Å²) in [5.41, 5.74) is 1.27. The predicted molar refractivity (Wildman–Crippen MR) is 54.8 cm³/mol. The Kier molecular flexibility index (Phi) is 2.07. The predicted octanol–water partition coefficient (Wildman–Crippen LogP) is 1.93. The Bertz CT molecular complexity index is 301. The molecule has 0 aromatic rings. The van der Waals surface area contributed by atoms with E-state index in [1.807, 2.05) is 0 Å². The van der Waals surface area contributed by atoms with Crippen molar-refractivity contribution in [1.82, 2.24) is 0 Å². The number of aliphatic hydroxyl groups is 1. The first-order valence-electron chi connectivity index (χ1n) is 5.33. The van der Waals surface area contributed by atoms with Crippen molar-refractivity contribution in [2.75, 3.05) is 0 Å². The zero-order valence-electron chi connectivity index (χ0n) is 9.08. The first kappa shape index (κ1) is 9.91. The molecule has 78 valence electrons. The summed E-state index contributed by atoms with van der Waals surface area (Å²) in [5.74, 6) is 1.06. The van der Waals surface area contributed by atoms with Crippen molar-refractivity contribution >= 4 is 5.78 Å². The van der Waals surface area contributed by atoms with Crippen molar-refractivity contribution in [2.45, 2.75) is 39.7 Å². The summed E-state index contributed by atoms with van der Waals surface area (Å²) in [6.07, 6.45) is 3.42. The van der Waals surface area contributed by atoms with Gasteiger partial charge < -0.3 is 5.11 Å². The summed E-state index contributed by atoms with van der Waals surface area (Å²) >= 11 is 0. The van der Waals surface area contributed by atoms with Crippen LogP contribution in [-0.2, 0) is 4.79 Å². The molecule has 2 heteroatoms. The number of rotatable bonds is 2. The molecule has 3 aliphatic carbocycles. The Labute approximate surface area is 85.0 Å². The Morgan fingerprint density at radius 3 is 2.71 bits per heavy atom. The molecule has 3 atom stereocenters. The van der Waals surface area contributed by atoms with Crippen LogP contribution in [0.15, 0.2) is 11.6 Å². The lowest BCUT2D eigenvalue weighted by Crippen LogP contribution is -2.50. The highest BCUT2D eigenvalue weighted by atomic mass is 16.3. The fourth-order valence-corrected chi connectivity index (χ4v) is 2.94. The maximum absolute atomic E-state index is 11.1. The summed E-state index contributed by atoms with van der Waals surface area (Å²) in [4.78, 5) is 11.1. The highest BCUT2D eigenvalue weighted by molar-refractivity contribution is 5.83. The minimum atomic E-state index is -0.847. The van der Waals surface area contributed by atoms with Crippen molar-refractivity contribution in [3.05, 3.63) is 11.6 Å². The molecule has 2 bridgehead atoms. The molecule has 0 spiro atoms. The van der Waals surface area contributed by atoms with Crippen molar-refractivity contribution < 1.29 is 9.90 Å². The molecule has 3 rings (SSSR count). The van der Waals surface area contributed by atoms with Crippen molar-refractivity contribution in [3.63, 3.8) is 0 Å². The molecule has 0 amide bonds. The summed E-state index contributed by atoms with van der Waals surface area (Å²) in [5, 5.41) is 9.76. The van der Waals surface area contributed by atoms with E-state index in [2.05, 4.69) is 19.9 Å². The SMILES string of the molecule is CC(=O)C(O)C1=CCC2CC1C2(C)C. The fourth-order valence-electron chi connectivity index (χ4n) is 2.94. The number of carbonyl (C=O) groups excluding carboxylic acids is 1. The van der Waals surface area contributed by atoms with Gasteiger partial charge in [0, 0.05) is 0 Å². The molecule has 3 unspecified atom stereocenters. The van der Waals surface area contributed by atoms with Crippen LogP contribution in [0.3, 0.4) is 0 Å². The van der Waals surface area contributed by atoms with Gasteiger partial charge in [-0.25, -0.2) is 0 Å². The molecule has 1 saturated carbocycles. The van der Waals surface area contributed by atoms with E-state index < -0.39 is 6.10 Å². The average molecular weight is 194 g/mol. The van der Waals surface area contributed by atoms with E-state index in [9.17, 15) is 9.90 Å². The molecule has 3 aliphatic rings. The molecule has 1 N–H and O–H groups in total. The van der Waals surface area contributed by atoms with Crippen molar-refractivity contribution in [3.8, 4) is 0 Å². The Morgan fingerprint density at radius 1 is 1.64 bits per heavy atom. The molecule has 14 heavy (non-hydrogen) atoms. The first-order valence-corrected chi connectivity index (χ1v) is 5.33. The lowest BCUT2D eigenvalue weighted by atomic mass is 9.48. The summed E-state index contributed by atoms with van der Waals surface area (Å²) in [6, 6.07) is 0. The number of ketones is 1. The molecule has 0 aromatic heterocycles. The monoisotopic (exact) mass is 194 g/mol. The standard InChI is InChI=1S/C12H18O2/c1-7(13)11(14)9-5-4-8-6-10(9)12(8,2)3/h5,8,10-11,14H,4,6H2,1-3H3. The minimum Gasteiger partial charge on any atom is -0.381 e. The Hall–Kier alpha value is -0.630. The fraction of sp³-hybridized carbons (Fsp3) is 0.750. The lowest BCUT2D eigenvalue weighted by molar-refractivity contribution is -0.125. The van der Waals surface area contributed by atoms with Crippen LogP contribution in [0.25, 0.3) is 0 Å². The zero-order chi connectivity index (χ0) is 10.5. The third-order valence-corrected chi connectivity index (χ3v) is 4.21. The molecule has 0 radical (unpaired) electrons. The maximum atomic E-state index is 11.1. The van der Waals surface area contributed by atoms with Gasteiger partial charge in [-0.3, -0.25) is 4.79 Å². The van der Waals surface area contributed by atoms with Crippen LogP contribution in [-0.4, -0.2) is 17.0 Å². The van der Waals surface area contributed by atoms with Crippen molar-refractivity contribution in [1.29, 1.82) is 0 Å². The van der Waals surface area contributed by atoms with Crippen molar-refractivity contribution in [2.24, 2.45) is 17.3 Å². The van der Waals surface area contributed by atoms with Gasteiger partial charge in [-0.2, -0.15) is 0 Å². The summed E-state index contributed by atoms with van der Waals surface area (Å²) < 4.78 is 0. The van der Waals surface area contributed by atoms with Crippen LogP contribution in [0, 0.1) is 17.3 Å². The van der Waals surface area contributed by atoms with Crippen LogP contribution < -0.4 is 0 Å². The normalized spacial score (nSPS) is 35.6. The van der Waals surface area contributed by atoms with Crippen LogP contribution in [0.4, 0.5) is 0 Å². The second-order valence-corrected chi connectivity index (χ2v) is 5.26. The quantitative estimate of drug-likeness (QED) is 0.682. The molecule has 0 aliphatic heterocycles. The number of Topliss-reactive ketones (excluding diaryl/α,β-unsaturated/α-hetero) is 1. The second-order valence-electron chi connectivity index (χ2n) is 5.26. The van der Waals surface area contributed by atoms with Gasteiger partial charge in [0.25, 0.3) is 0 Å². The number of aliphatic hydroxyl groups excluding tert-OH is 1.